The van der Waals surface area contributed by atoms with Crippen LogP contribution in [0.25, 0.3) is 0 Å². The first-order valence-corrected chi connectivity index (χ1v) is 6.15. The van der Waals surface area contributed by atoms with Crippen LogP contribution in [0.4, 0.5) is 5.69 Å². The van der Waals surface area contributed by atoms with Gasteiger partial charge in [-0.2, -0.15) is 0 Å². The number of benzene rings is 1. The number of rotatable bonds is 7. The predicted octanol–water partition coefficient (Wildman–Crippen LogP) is 2.67. The Morgan fingerprint density at radius 1 is 1.50 bits per heavy atom. The lowest BCUT2D eigenvalue weighted by molar-refractivity contribution is -0.385. The van der Waals surface area contributed by atoms with Gasteiger partial charge in [0, 0.05) is 24.2 Å². The highest BCUT2D eigenvalue weighted by Gasteiger charge is 2.10. The molecule has 0 aliphatic heterocycles. The fourth-order valence-electron chi connectivity index (χ4n) is 1.54. The van der Waals surface area contributed by atoms with Gasteiger partial charge in [-0.3, -0.25) is 10.1 Å². The molecule has 100 valence electrons. The topological polar surface area (TPSA) is 64.4 Å². The maximum atomic E-state index is 10.7. The highest BCUT2D eigenvalue weighted by Crippen LogP contribution is 2.22. The van der Waals surface area contributed by atoms with E-state index in [0.29, 0.717) is 24.0 Å². The zero-order chi connectivity index (χ0) is 13.5. The Hall–Kier alpha value is -1.62. The molecule has 1 atom stereocenters. The molecule has 0 spiro atoms. The summed E-state index contributed by atoms with van der Waals surface area (Å²) in [6.07, 6.45) is 1.08. The van der Waals surface area contributed by atoms with Gasteiger partial charge >= 0.3 is 0 Å². The van der Waals surface area contributed by atoms with Crippen molar-refractivity contribution >= 4 is 5.69 Å². The fraction of sp³-hybridized carbons (Fsp3) is 0.538. The fourth-order valence-corrected chi connectivity index (χ4v) is 1.54. The molecule has 5 heteroatoms. The summed E-state index contributed by atoms with van der Waals surface area (Å²) in [5, 5.41) is 14.0. The summed E-state index contributed by atoms with van der Waals surface area (Å²) in [5.41, 5.74) is 0.743. The SMILES string of the molecule is CCC(C)NCCOc1ccc([N+](=O)[O-])c(C)c1. The van der Waals surface area contributed by atoms with Gasteiger partial charge < -0.3 is 10.1 Å². The molecule has 0 fully saturated rings. The van der Waals surface area contributed by atoms with Crippen LogP contribution in [0.2, 0.25) is 0 Å². The van der Waals surface area contributed by atoms with E-state index >= 15 is 0 Å². The Balaban J connectivity index is 2.44. The average molecular weight is 252 g/mol. The number of nitro benzene ring substituents is 1. The first-order chi connectivity index (χ1) is 8.54. The monoisotopic (exact) mass is 252 g/mol. The number of nitrogens with one attached hydrogen (secondary N) is 1. The smallest absolute Gasteiger partial charge is 0.272 e. The standard InChI is InChI=1S/C13H20N2O3/c1-4-11(3)14-7-8-18-12-5-6-13(15(16)17)10(2)9-12/h5-6,9,11,14H,4,7-8H2,1-3H3. The van der Waals surface area contributed by atoms with Crippen molar-refractivity contribution in [3.8, 4) is 5.75 Å². The lowest BCUT2D eigenvalue weighted by Gasteiger charge is -2.12. The molecule has 0 saturated carbocycles. The van der Waals surface area contributed by atoms with Crippen molar-refractivity contribution in [3.05, 3.63) is 33.9 Å². The number of nitrogens with zero attached hydrogens (tertiary/aromatic N) is 1. The molecule has 0 bridgehead atoms. The van der Waals surface area contributed by atoms with E-state index in [4.69, 9.17) is 4.74 Å². The van der Waals surface area contributed by atoms with Crippen molar-refractivity contribution in [1.82, 2.24) is 5.32 Å². The van der Waals surface area contributed by atoms with Crippen LogP contribution in [-0.4, -0.2) is 24.1 Å². The van der Waals surface area contributed by atoms with E-state index in [1.807, 2.05) is 0 Å². The minimum absolute atomic E-state index is 0.125. The summed E-state index contributed by atoms with van der Waals surface area (Å²) in [6, 6.07) is 5.29. The first kappa shape index (κ1) is 14.4. The normalized spacial score (nSPS) is 12.2. The van der Waals surface area contributed by atoms with E-state index in [1.54, 1.807) is 19.1 Å². The molecule has 18 heavy (non-hydrogen) atoms. The van der Waals surface area contributed by atoms with Crippen LogP contribution < -0.4 is 10.1 Å². The summed E-state index contributed by atoms with van der Waals surface area (Å²) in [4.78, 5) is 10.3. The third-order valence-electron chi connectivity index (χ3n) is 2.84. The third kappa shape index (κ3) is 4.33. The van der Waals surface area contributed by atoms with E-state index in [2.05, 4.69) is 19.2 Å². The molecule has 0 aliphatic carbocycles. The predicted molar refractivity (Wildman–Crippen MR) is 71.1 cm³/mol. The molecule has 0 heterocycles. The molecule has 1 aromatic rings. The van der Waals surface area contributed by atoms with Crippen LogP contribution in [0.15, 0.2) is 18.2 Å². The van der Waals surface area contributed by atoms with Crippen LogP contribution >= 0.6 is 0 Å². The van der Waals surface area contributed by atoms with Gasteiger partial charge in [0.2, 0.25) is 0 Å². The molecular weight excluding hydrogens is 232 g/mol. The lowest BCUT2D eigenvalue weighted by Crippen LogP contribution is -2.29. The van der Waals surface area contributed by atoms with Crippen molar-refractivity contribution in [2.75, 3.05) is 13.2 Å². The number of hydrogen-bond acceptors (Lipinski definition) is 4. The van der Waals surface area contributed by atoms with Crippen LogP contribution in [-0.2, 0) is 0 Å². The summed E-state index contributed by atoms with van der Waals surface area (Å²) in [5.74, 6) is 0.670. The Morgan fingerprint density at radius 3 is 2.78 bits per heavy atom. The molecule has 0 aromatic heterocycles. The van der Waals surface area contributed by atoms with Crippen LogP contribution in [0.3, 0.4) is 0 Å². The Labute approximate surface area is 107 Å². The molecule has 0 radical (unpaired) electrons. The second kappa shape index (κ2) is 6.96. The van der Waals surface area contributed by atoms with E-state index in [-0.39, 0.29) is 10.6 Å². The maximum Gasteiger partial charge on any atom is 0.272 e. The van der Waals surface area contributed by atoms with Crippen molar-refractivity contribution in [1.29, 1.82) is 0 Å². The Bertz CT molecular complexity index is 407. The summed E-state index contributed by atoms with van der Waals surface area (Å²) in [6.45, 7) is 7.28. The summed E-state index contributed by atoms with van der Waals surface area (Å²) >= 11 is 0. The zero-order valence-corrected chi connectivity index (χ0v) is 11.1. The molecule has 0 aliphatic rings. The van der Waals surface area contributed by atoms with Gasteiger partial charge in [0.25, 0.3) is 5.69 Å². The van der Waals surface area contributed by atoms with Crippen LogP contribution in [0.1, 0.15) is 25.8 Å². The van der Waals surface area contributed by atoms with Crippen molar-refractivity contribution in [2.45, 2.75) is 33.2 Å². The molecule has 0 saturated heterocycles. The zero-order valence-electron chi connectivity index (χ0n) is 11.1. The van der Waals surface area contributed by atoms with Crippen LogP contribution in [0, 0.1) is 17.0 Å². The van der Waals surface area contributed by atoms with Gasteiger partial charge in [-0.1, -0.05) is 6.92 Å². The molecule has 1 aromatic carbocycles. The number of hydrogen-bond donors (Lipinski definition) is 1. The molecule has 5 nitrogen and oxygen atoms in total. The third-order valence-corrected chi connectivity index (χ3v) is 2.84. The lowest BCUT2D eigenvalue weighted by atomic mass is 10.2. The number of aryl methyl sites for hydroxylation is 1. The van der Waals surface area contributed by atoms with Gasteiger partial charge in [0.05, 0.1) is 4.92 Å². The quantitative estimate of drug-likeness (QED) is 0.460. The maximum absolute atomic E-state index is 10.7. The van der Waals surface area contributed by atoms with Gasteiger partial charge in [0.1, 0.15) is 12.4 Å². The molecule has 0 amide bonds. The molecular formula is C13H20N2O3. The highest BCUT2D eigenvalue weighted by atomic mass is 16.6. The number of nitro groups is 1. The van der Waals surface area contributed by atoms with E-state index in [9.17, 15) is 10.1 Å². The highest BCUT2D eigenvalue weighted by molar-refractivity contribution is 5.44. The largest absolute Gasteiger partial charge is 0.492 e. The Morgan fingerprint density at radius 2 is 2.22 bits per heavy atom. The van der Waals surface area contributed by atoms with E-state index in [0.717, 1.165) is 13.0 Å². The second-order valence-corrected chi connectivity index (χ2v) is 4.32. The molecule has 1 N–H and O–H groups in total. The number of ether oxygens (including phenoxy) is 1. The van der Waals surface area contributed by atoms with Crippen molar-refractivity contribution in [3.63, 3.8) is 0 Å². The van der Waals surface area contributed by atoms with E-state index < -0.39 is 0 Å². The summed E-state index contributed by atoms with van der Waals surface area (Å²) < 4.78 is 5.53. The van der Waals surface area contributed by atoms with Gasteiger partial charge in [-0.05, 0) is 32.4 Å². The Kier molecular flexibility index (Phi) is 5.58. The van der Waals surface area contributed by atoms with E-state index in [1.165, 1.54) is 6.07 Å². The summed E-state index contributed by atoms with van der Waals surface area (Å²) in [7, 11) is 0. The molecule has 1 unspecified atom stereocenters. The van der Waals surface area contributed by atoms with Crippen LogP contribution in [0.5, 0.6) is 5.75 Å². The van der Waals surface area contributed by atoms with Crippen molar-refractivity contribution in [2.24, 2.45) is 0 Å². The van der Waals surface area contributed by atoms with Gasteiger partial charge in [-0.15, -0.1) is 0 Å². The molecule has 1 rings (SSSR count). The van der Waals surface area contributed by atoms with Gasteiger partial charge in [-0.25, -0.2) is 0 Å². The first-order valence-electron chi connectivity index (χ1n) is 6.15. The minimum atomic E-state index is -0.385. The minimum Gasteiger partial charge on any atom is -0.492 e. The second-order valence-electron chi connectivity index (χ2n) is 4.32. The van der Waals surface area contributed by atoms with Gasteiger partial charge in [0.15, 0.2) is 0 Å². The average Bonchev–Trinajstić information content (AvgIpc) is 2.34. The van der Waals surface area contributed by atoms with Crippen molar-refractivity contribution < 1.29 is 9.66 Å².